The normalized spacial score (nSPS) is 23.9. The zero-order chi connectivity index (χ0) is 14.2. The fourth-order valence-corrected chi connectivity index (χ4v) is 3.42. The number of likely N-dealkylation sites (tertiary alicyclic amines) is 1. The Morgan fingerprint density at radius 2 is 1.90 bits per heavy atom. The molecule has 0 aromatic heterocycles. The summed E-state index contributed by atoms with van der Waals surface area (Å²) in [5.41, 5.74) is 1.40. The van der Waals surface area contributed by atoms with E-state index in [-0.39, 0.29) is 0 Å². The Hall–Kier alpha value is -0.860. The molecule has 1 aliphatic heterocycles. The minimum absolute atomic E-state index is 0.659. The van der Waals surface area contributed by atoms with E-state index in [9.17, 15) is 0 Å². The van der Waals surface area contributed by atoms with Crippen LogP contribution in [-0.4, -0.2) is 30.6 Å². The Labute approximate surface area is 124 Å². The summed E-state index contributed by atoms with van der Waals surface area (Å²) in [6.45, 7) is 9.39. The van der Waals surface area contributed by atoms with Gasteiger partial charge in [-0.05, 0) is 37.3 Å². The molecule has 2 unspecified atom stereocenters. The second-order valence-corrected chi connectivity index (χ2v) is 6.21. The van der Waals surface area contributed by atoms with E-state index in [1.165, 1.54) is 50.9 Å². The minimum Gasteiger partial charge on any atom is -0.309 e. The molecule has 1 N–H and O–H groups in total. The van der Waals surface area contributed by atoms with Crippen molar-refractivity contribution >= 4 is 0 Å². The molecule has 1 aliphatic rings. The molecule has 112 valence electrons. The number of rotatable bonds is 7. The second-order valence-electron chi connectivity index (χ2n) is 6.21. The first-order valence-corrected chi connectivity index (χ1v) is 8.31. The molecule has 2 heteroatoms. The number of nitrogens with one attached hydrogen (secondary N) is 1. The van der Waals surface area contributed by atoms with Crippen molar-refractivity contribution in [1.82, 2.24) is 10.2 Å². The van der Waals surface area contributed by atoms with Gasteiger partial charge < -0.3 is 10.2 Å². The van der Waals surface area contributed by atoms with Crippen molar-refractivity contribution in [2.75, 3.05) is 19.6 Å². The van der Waals surface area contributed by atoms with Gasteiger partial charge in [0.25, 0.3) is 0 Å². The predicted molar refractivity (Wildman–Crippen MR) is 86.8 cm³/mol. The summed E-state index contributed by atoms with van der Waals surface area (Å²) in [4.78, 5) is 2.66. The van der Waals surface area contributed by atoms with Crippen LogP contribution >= 0.6 is 0 Å². The molecule has 2 rings (SSSR count). The van der Waals surface area contributed by atoms with Crippen molar-refractivity contribution in [2.45, 2.75) is 52.1 Å². The molecule has 0 amide bonds. The average molecular weight is 274 g/mol. The number of piperidine rings is 1. The van der Waals surface area contributed by atoms with Gasteiger partial charge in [-0.15, -0.1) is 0 Å². The van der Waals surface area contributed by atoms with Crippen LogP contribution in [0.2, 0.25) is 0 Å². The maximum Gasteiger partial charge on any atom is 0.0208 e. The van der Waals surface area contributed by atoms with E-state index in [0.29, 0.717) is 6.04 Å². The number of nitrogens with zero attached hydrogens (tertiary/aromatic N) is 1. The summed E-state index contributed by atoms with van der Waals surface area (Å²) in [6.07, 6.45) is 5.31. The van der Waals surface area contributed by atoms with Crippen LogP contribution in [0.3, 0.4) is 0 Å². The predicted octanol–water partition coefficient (Wildman–Crippen LogP) is 3.68. The van der Waals surface area contributed by atoms with Gasteiger partial charge in [-0.2, -0.15) is 0 Å². The first-order valence-electron chi connectivity index (χ1n) is 8.31. The summed E-state index contributed by atoms with van der Waals surface area (Å²) in [5, 5.41) is 3.77. The van der Waals surface area contributed by atoms with E-state index in [0.717, 1.165) is 12.5 Å². The van der Waals surface area contributed by atoms with Crippen LogP contribution in [-0.2, 0) is 6.54 Å². The topological polar surface area (TPSA) is 15.3 Å². The van der Waals surface area contributed by atoms with Gasteiger partial charge in [0.15, 0.2) is 0 Å². The molecule has 2 nitrogen and oxygen atoms in total. The summed E-state index contributed by atoms with van der Waals surface area (Å²) in [5.74, 6) is 0.883. The monoisotopic (exact) mass is 274 g/mol. The van der Waals surface area contributed by atoms with Gasteiger partial charge in [-0.1, -0.05) is 50.6 Å². The lowest BCUT2D eigenvalue weighted by atomic mass is 9.90. The summed E-state index contributed by atoms with van der Waals surface area (Å²) in [7, 11) is 0. The molecular weight excluding hydrogens is 244 g/mol. The summed E-state index contributed by atoms with van der Waals surface area (Å²) in [6, 6.07) is 11.4. The van der Waals surface area contributed by atoms with Gasteiger partial charge in [0.2, 0.25) is 0 Å². The van der Waals surface area contributed by atoms with Crippen LogP contribution < -0.4 is 5.32 Å². The van der Waals surface area contributed by atoms with E-state index >= 15 is 0 Å². The first kappa shape index (κ1) is 15.5. The number of benzene rings is 1. The Kier molecular flexibility index (Phi) is 6.55. The van der Waals surface area contributed by atoms with Crippen LogP contribution in [0.25, 0.3) is 0 Å². The van der Waals surface area contributed by atoms with Crippen molar-refractivity contribution in [3.63, 3.8) is 0 Å². The van der Waals surface area contributed by atoms with Crippen molar-refractivity contribution in [3.8, 4) is 0 Å². The average Bonchev–Trinajstić information content (AvgIpc) is 2.47. The van der Waals surface area contributed by atoms with Crippen molar-refractivity contribution < 1.29 is 0 Å². The molecule has 0 bridgehead atoms. The lowest BCUT2D eigenvalue weighted by molar-refractivity contribution is 0.135. The number of hydrogen-bond acceptors (Lipinski definition) is 2. The molecule has 1 aromatic carbocycles. The SMILES string of the molecule is CCCC1CC(NCc2ccccc2)CN(CCC)C1. The summed E-state index contributed by atoms with van der Waals surface area (Å²) < 4.78 is 0. The highest BCUT2D eigenvalue weighted by Gasteiger charge is 2.25. The maximum absolute atomic E-state index is 3.77. The zero-order valence-electron chi connectivity index (χ0n) is 13.1. The van der Waals surface area contributed by atoms with E-state index in [1.54, 1.807) is 0 Å². The highest BCUT2D eigenvalue weighted by molar-refractivity contribution is 5.14. The first-order chi connectivity index (χ1) is 9.81. The minimum atomic E-state index is 0.659. The Bertz CT molecular complexity index is 349. The van der Waals surface area contributed by atoms with Crippen molar-refractivity contribution in [2.24, 2.45) is 5.92 Å². The van der Waals surface area contributed by atoms with Gasteiger partial charge in [0.05, 0.1) is 0 Å². The van der Waals surface area contributed by atoms with Gasteiger partial charge in [-0.3, -0.25) is 0 Å². The van der Waals surface area contributed by atoms with Gasteiger partial charge in [0.1, 0.15) is 0 Å². The fourth-order valence-electron chi connectivity index (χ4n) is 3.42. The van der Waals surface area contributed by atoms with Crippen LogP contribution in [0, 0.1) is 5.92 Å². The molecule has 1 fully saturated rings. The second kappa shape index (κ2) is 8.43. The molecule has 2 atom stereocenters. The van der Waals surface area contributed by atoms with Crippen LogP contribution in [0.1, 0.15) is 45.1 Å². The molecule has 0 spiro atoms. The molecular formula is C18H30N2. The van der Waals surface area contributed by atoms with Gasteiger partial charge in [-0.25, -0.2) is 0 Å². The Morgan fingerprint density at radius 1 is 1.10 bits per heavy atom. The van der Waals surface area contributed by atoms with E-state index in [4.69, 9.17) is 0 Å². The third kappa shape index (κ3) is 4.92. The number of hydrogen-bond donors (Lipinski definition) is 1. The van der Waals surface area contributed by atoms with Crippen LogP contribution in [0.15, 0.2) is 30.3 Å². The third-order valence-corrected chi connectivity index (χ3v) is 4.29. The Morgan fingerprint density at radius 3 is 2.60 bits per heavy atom. The highest BCUT2D eigenvalue weighted by Crippen LogP contribution is 2.21. The van der Waals surface area contributed by atoms with Gasteiger partial charge >= 0.3 is 0 Å². The lowest BCUT2D eigenvalue weighted by Crippen LogP contribution is -2.49. The standard InChI is InChI=1S/C18H30N2/c1-3-8-17-12-18(15-20(14-17)11-4-2)19-13-16-9-6-5-7-10-16/h5-7,9-10,17-19H,3-4,8,11-15H2,1-2H3. The Balaban J connectivity index is 1.85. The highest BCUT2D eigenvalue weighted by atomic mass is 15.2. The van der Waals surface area contributed by atoms with Crippen LogP contribution in [0.4, 0.5) is 0 Å². The molecule has 1 saturated heterocycles. The smallest absolute Gasteiger partial charge is 0.0208 e. The fraction of sp³-hybridized carbons (Fsp3) is 0.667. The van der Waals surface area contributed by atoms with E-state index in [1.807, 2.05) is 0 Å². The quantitative estimate of drug-likeness (QED) is 0.816. The van der Waals surface area contributed by atoms with Crippen molar-refractivity contribution in [1.29, 1.82) is 0 Å². The van der Waals surface area contributed by atoms with Crippen molar-refractivity contribution in [3.05, 3.63) is 35.9 Å². The lowest BCUT2D eigenvalue weighted by Gasteiger charge is -2.38. The molecule has 0 saturated carbocycles. The molecule has 20 heavy (non-hydrogen) atoms. The molecule has 0 aliphatic carbocycles. The maximum atomic E-state index is 3.77. The molecule has 1 aromatic rings. The van der Waals surface area contributed by atoms with Gasteiger partial charge in [0, 0.05) is 25.7 Å². The molecule has 1 heterocycles. The largest absolute Gasteiger partial charge is 0.309 e. The summed E-state index contributed by atoms with van der Waals surface area (Å²) >= 11 is 0. The zero-order valence-corrected chi connectivity index (χ0v) is 13.1. The molecule has 0 radical (unpaired) electrons. The van der Waals surface area contributed by atoms with E-state index < -0.39 is 0 Å². The third-order valence-electron chi connectivity index (χ3n) is 4.29. The van der Waals surface area contributed by atoms with Crippen LogP contribution in [0.5, 0.6) is 0 Å². The van der Waals surface area contributed by atoms with E-state index in [2.05, 4.69) is 54.4 Å².